The average Bonchev–Trinajstić information content (AvgIpc) is 2.36. The molecule has 0 radical (unpaired) electrons. The van der Waals surface area contributed by atoms with Crippen LogP contribution < -0.4 is 9.47 Å². The van der Waals surface area contributed by atoms with Crippen molar-refractivity contribution >= 4 is 5.78 Å². The maximum absolute atomic E-state index is 11.4. The van der Waals surface area contributed by atoms with Crippen LogP contribution in [-0.4, -0.2) is 19.0 Å². The normalized spacial score (nSPS) is 11.4. The molecule has 17 heavy (non-hydrogen) atoms. The quantitative estimate of drug-likeness (QED) is 0.783. The fourth-order valence-electron chi connectivity index (χ4n) is 1.38. The molecule has 1 aromatic rings. The highest BCUT2D eigenvalue weighted by atomic mass is 16.5. The number of ether oxygens (including phenoxy) is 2. The highest BCUT2D eigenvalue weighted by Gasteiger charge is 2.13. The van der Waals surface area contributed by atoms with Gasteiger partial charge in [-0.1, -0.05) is 6.92 Å². The molecule has 1 aromatic carbocycles. The molecule has 0 saturated heterocycles. The second-order valence-corrected chi connectivity index (χ2v) is 3.59. The highest BCUT2D eigenvalue weighted by Crippen LogP contribution is 2.23. The summed E-state index contributed by atoms with van der Waals surface area (Å²) in [6, 6.07) is 6.86. The van der Waals surface area contributed by atoms with Crippen LogP contribution in [0.5, 0.6) is 11.5 Å². The van der Waals surface area contributed by atoms with Crippen LogP contribution in [0.15, 0.2) is 18.2 Å². The molecule has 0 aliphatic carbocycles. The van der Waals surface area contributed by atoms with Gasteiger partial charge >= 0.3 is 0 Å². The summed E-state index contributed by atoms with van der Waals surface area (Å²) in [5.41, 5.74) is 0.440. The van der Waals surface area contributed by atoms with Crippen LogP contribution in [0.1, 0.15) is 25.8 Å². The van der Waals surface area contributed by atoms with Crippen LogP contribution in [-0.2, 0) is 4.79 Å². The van der Waals surface area contributed by atoms with E-state index >= 15 is 0 Å². The highest BCUT2D eigenvalue weighted by molar-refractivity contribution is 5.82. The topological polar surface area (TPSA) is 59.3 Å². The van der Waals surface area contributed by atoms with Crippen molar-refractivity contribution in [1.82, 2.24) is 0 Å². The first-order valence-corrected chi connectivity index (χ1v) is 5.39. The Morgan fingerprint density at radius 1 is 1.41 bits per heavy atom. The summed E-state index contributed by atoms with van der Waals surface area (Å²) in [7, 11) is 1.51. The second-order valence-electron chi connectivity index (χ2n) is 3.59. The maximum Gasteiger partial charge on any atom is 0.172 e. The Kier molecular flexibility index (Phi) is 4.53. The lowest BCUT2D eigenvalue weighted by Crippen LogP contribution is -2.22. The van der Waals surface area contributed by atoms with Gasteiger partial charge in [0.15, 0.2) is 11.9 Å². The minimum atomic E-state index is -0.515. The van der Waals surface area contributed by atoms with E-state index in [1.54, 1.807) is 32.0 Å². The zero-order valence-electron chi connectivity index (χ0n) is 10.2. The van der Waals surface area contributed by atoms with E-state index in [9.17, 15) is 4.79 Å². The second kappa shape index (κ2) is 5.90. The predicted molar refractivity (Wildman–Crippen MR) is 63.1 cm³/mol. The third-order valence-electron chi connectivity index (χ3n) is 2.36. The predicted octanol–water partition coefficient (Wildman–Crippen LogP) is 2.31. The monoisotopic (exact) mass is 233 g/mol. The summed E-state index contributed by atoms with van der Waals surface area (Å²) in [6.07, 6.45) is -0.0883. The van der Waals surface area contributed by atoms with Crippen molar-refractivity contribution in [2.75, 3.05) is 7.11 Å². The number of Topliss-reactive ketones (excluding diaryl/α,β-unsaturated/α-hetero) is 1. The third kappa shape index (κ3) is 3.49. The molecule has 0 amide bonds. The Balaban J connectivity index is 2.91. The van der Waals surface area contributed by atoms with Crippen LogP contribution in [0.3, 0.4) is 0 Å². The van der Waals surface area contributed by atoms with Gasteiger partial charge in [-0.15, -0.1) is 0 Å². The Bertz CT molecular complexity index is 448. The van der Waals surface area contributed by atoms with E-state index in [0.717, 1.165) is 0 Å². The SMILES string of the molecule is CCC(=O)C(C)Oc1cc(C#N)cc(OC)c1. The van der Waals surface area contributed by atoms with Gasteiger partial charge in [0, 0.05) is 12.5 Å². The van der Waals surface area contributed by atoms with Gasteiger partial charge in [0.2, 0.25) is 0 Å². The standard InChI is InChI=1S/C13H15NO3/c1-4-13(15)9(2)17-12-6-10(8-14)5-11(7-12)16-3/h5-7,9H,4H2,1-3H3. The minimum Gasteiger partial charge on any atom is -0.497 e. The molecule has 0 heterocycles. The van der Waals surface area contributed by atoms with E-state index in [2.05, 4.69) is 0 Å². The third-order valence-corrected chi connectivity index (χ3v) is 2.36. The molecular weight excluding hydrogens is 218 g/mol. The number of carbonyl (C=O) groups excluding carboxylic acids is 1. The Labute approximate surface area is 101 Å². The lowest BCUT2D eigenvalue weighted by Gasteiger charge is -2.13. The van der Waals surface area contributed by atoms with Crippen molar-refractivity contribution in [1.29, 1.82) is 5.26 Å². The number of benzene rings is 1. The summed E-state index contributed by atoms with van der Waals surface area (Å²) in [5.74, 6) is 1.02. The van der Waals surface area contributed by atoms with Gasteiger partial charge in [-0.25, -0.2) is 0 Å². The molecule has 0 spiro atoms. The van der Waals surface area contributed by atoms with Gasteiger partial charge in [0.1, 0.15) is 11.5 Å². The molecule has 0 aliphatic rings. The van der Waals surface area contributed by atoms with E-state index in [4.69, 9.17) is 14.7 Å². The van der Waals surface area contributed by atoms with E-state index in [-0.39, 0.29) is 5.78 Å². The molecule has 1 rings (SSSR count). The first-order valence-electron chi connectivity index (χ1n) is 5.39. The summed E-state index contributed by atoms with van der Waals surface area (Å²) in [4.78, 5) is 11.4. The number of nitriles is 1. The number of hydrogen-bond donors (Lipinski definition) is 0. The molecule has 1 atom stereocenters. The van der Waals surface area contributed by atoms with Gasteiger partial charge in [-0.3, -0.25) is 4.79 Å². The minimum absolute atomic E-state index is 0.0197. The molecule has 0 fully saturated rings. The van der Waals surface area contributed by atoms with E-state index in [0.29, 0.717) is 23.5 Å². The van der Waals surface area contributed by atoms with Crippen LogP contribution in [0.4, 0.5) is 0 Å². The number of carbonyl (C=O) groups is 1. The Morgan fingerprint density at radius 2 is 2.06 bits per heavy atom. The lowest BCUT2D eigenvalue weighted by molar-refractivity contribution is -0.124. The van der Waals surface area contributed by atoms with Crippen molar-refractivity contribution in [3.8, 4) is 17.6 Å². The molecule has 0 saturated carbocycles. The molecule has 1 unspecified atom stereocenters. The zero-order chi connectivity index (χ0) is 12.8. The summed E-state index contributed by atoms with van der Waals surface area (Å²) >= 11 is 0. The summed E-state index contributed by atoms with van der Waals surface area (Å²) in [5, 5.41) is 8.84. The fraction of sp³-hybridized carbons (Fsp3) is 0.385. The van der Waals surface area contributed by atoms with Gasteiger partial charge in [0.05, 0.1) is 18.7 Å². The molecule has 90 valence electrons. The summed E-state index contributed by atoms with van der Waals surface area (Å²) < 4.78 is 10.5. The smallest absolute Gasteiger partial charge is 0.172 e. The van der Waals surface area contributed by atoms with Crippen LogP contribution >= 0.6 is 0 Å². The van der Waals surface area contributed by atoms with E-state index in [1.165, 1.54) is 7.11 Å². The first-order chi connectivity index (χ1) is 8.10. The largest absolute Gasteiger partial charge is 0.497 e. The van der Waals surface area contributed by atoms with Crippen molar-refractivity contribution < 1.29 is 14.3 Å². The zero-order valence-corrected chi connectivity index (χ0v) is 10.2. The lowest BCUT2D eigenvalue weighted by atomic mass is 10.2. The van der Waals surface area contributed by atoms with Gasteiger partial charge in [0.25, 0.3) is 0 Å². The number of nitrogens with zero attached hydrogens (tertiary/aromatic N) is 1. The van der Waals surface area contributed by atoms with Crippen molar-refractivity contribution in [2.45, 2.75) is 26.4 Å². The van der Waals surface area contributed by atoms with Crippen LogP contribution in [0.25, 0.3) is 0 Å². The van der Waals surface area contributed by atoms with E-state index < -0.39 is 6.10 Å². The molecule has 0 bridgehead atoms. The number of methoxy groups -OCH3 is 1. The van der Waals surface area contributed by atoms with Crippen molar-refractivity contribution in [3.63, 3.8) is 0 Å². The number of ketones is 1. The number of rotatable bonds is 5. The van der Waals surface area contributed by atoms with Gasteiger partial charge in [-0.05, 0) is 19.1 Å². The van der Waals surface area contributed by atoms with Crippen LogP contribution in [0, 0.1) is 11.3 Å². The van der Waals surface area contributed by atoms with E-state index in [1.807, 2.05) is 6.07 Å². The van der Waals surface area contributed by atoms with Crippen LogP contribution in [0.2, 0.25) is 0 Å². The molecule has 0 N–H and O–H groups in total. The average molecular weight is 233 g/mol. The summed E-state index contributed by atoms with van der Waals surface area (Å²) in [6.45, 7) is 3.48. The molecule has 4 nitrogen and oxygen atoms in total. The number of hydrogen-bond acceptors (Lipinski definition) is 4. The molecule has 0 aromatic heterocycles. The maximum atomic E-state index is 11.4. The van der Waals surface area contributed by atoms with Gasteiger partial charge in [-0.2, -0.15) is 5.26 Å². The first kappa shape index (κ1) is 13.0. The molecule has 0 aliphatic heterocycles. The van der Waals surface area contributed by atoms with Crippen molar-refractivity contribution in [3.05, 3.63) is 23.8 Å². The molecule has 4 heteroatoms. The molecular formula is C13H15NO3. The van der Waals surface area contributed by atoms with Gasteiger partial charge < -0.3 is 9.47 Å². The van der Waals surface area contributed by atoms with Crippen molar-refractivity contribution in [2.24, 2.45) is 0 Å². The Hall–Kier alpha value is -2.02. The fourth-order valence-corrected chi connectivity index (χ4v) is 1.38. The Morgan fingerprint density at radius 3 is 2.59 bits per heavy atom.